The third-order valence-electron chi connectivity index (χ3n) is 11.3. The first-order valence-electron chi connectivity index (χ1n) is 25.2. The van der Waals surface area contributed by atoms with Gasteiger partial charge in [0.2, 0.25) is 17.7 Å². The van der Waals surface area contributed by atoms with Crippen LogP contribution in [0.1, 0.15) is 214 Å². The molecular formula is C54H84N4O7. The fourth-order valence-electron chi connectivity index (χ4n) is 7.47. The molecule has 11 heteroatoms. The molecule has 362 valence electrons. The molecule has 0 saturated heterocycles. The molecule has 0 atom stereocenters. The minimum absolute atomic E-state index is 0.127. The second kappa shape index (κ2) is 37.3. The summed E-state index contributed by atoms with van der Waals surface area (Å²) in [7, 11) is 0. The van der Waals surface area contributed by atoms with Crippen LogP contribution in [-0.2, 0) is 19.1 Å². The van der Waals surface area contributed by atoms with Crippen LogP contribution in [0.5, 0.6) is 5.75 Å². The van der Waals surface area contributed by atoms with Crippen molar-refractivity contribution in [1.82, 2.24) is 5.32 Å². The molecule has 0 aliphatic carbocycles. The van der Waals surface area contributed by atoms with Crippen LogP contribution in [0.3, 0.4) is 0 Å². The summed E-state index contributed by atoms with van der Waals surface area (Å²) in [5.41, 5.74) is 1.49. The van der Waals surface area contributed by atoms with E-state index in [2.05, 4.69) is 48.3 Å². The molecule has 0 bridgehead atoms. The van der Waals surface area contributed by atoms with E-state index >= 15 is 0 Å². The lowest BCUT2D eigenvalue weighted by Gasteiger charge is -2.15. The Morgan fingerprint density at radius 2 is 0.969 bits per heavy atom. The van der Waals surface area contributed by atoms with Gasteiger partial charge in [-0.25, -0.2) is 4.79 Å². The van der Waals surface area contributed by atoms with E-state index in [9.17, 15) is 24.0 Å². The van der Waals surface area contributed by atoms with Crippen LogP contribution >= 0.6 is 0 Å². The fourth-order valence-corrected chi connectivity index (χ4v) is 7.47. The monoisotopic (exact) mass is 901 g/mol. The smallest absolute Gasteiger partial charge is 0.338 e. The summed E-state index contributed by atoms with van der Waals surface area (Å²) in [6.45, 7) is 12.2. The van der Waals surface area contributed by atoms with Crippen molar-refractivity contribution in [2.24, 2.45) is 0 Å². The predicted molar refractivity (Wildman–Crippen MR) is 268 cm³/mol. The molecule has 0 fully saturated rings. The molecule has 0 aromatic heterocycles. The molecule has 0 spiro atoms. The van der Waals surface area contributed by atoms with Gasteiger partial charge in [-0.3, -0.25) is 19.2 Å². The number of rotatable bonds is 40. The number of nitrogens with one attached hydrogen (secondary N) is 4. The van der Waals surface area contributed by atoms with E-state index in [1.165, 1.54) is 38.2 Å². The molecule has 2 aromatic carbocycles. The molecule has 0 radical (unpaired) electrons. The van der Waals surface area contributed by atoms with Crippen molar-refractivity contribution >= 4 is 46.7 Å². The summed E-state index contributed by atoms with van der Waals surface area (Å²) in [6.07, 6.45) is 31.9. The first-order valence-corrected chi connectivity index (χ1v) is 25.2. The highest BCUT2D eigenvalue weighted by molar-refractivity contribution is 6.03. The number of ether oxygens (including phenoxy) is 2. The van der Waals surface area contributed by atoms with Gasteiger partial charge in [-0.15, -0.1) is 13.2 Å². The number of amides is 4. The second-order valence-corrected chi connectivity index (χ2v) is 17.3. The highest BCUT2D eigenvalue weighted by Gasteiger charge is 2.18. The quantitative estimate of drug-likeness (QED) is 0.0295. The molecule has 2 rings (SSSR count). The van der Waals surface area contributed by atoms with E-state index in [4.69, 9.17) is 9.47 Å². The summed E-state index contributed by atoms with van der Waals surface area (Å²) in [5, 5.41) is 11.3. The number of unbranched alkanes of at least 4 members (excludes halogenated alkanes) is 22. The SMILES string of the molecule is C=CCCCCCCCCC(=O)Nc1cc(NC(=O)CNC(=O)c2cc(NC(=O)CCCCCCCCC=C)ccc2OCCCCCCCC)cc(C(=O)OCCCCCCCC)c1. The first-order chi connectivity index (χ1) is 31.7. The van der Waals surface area contributed by atoms with E-state index in [0.29, 0.717) is 36.6 Å². The average molecular weight is 901 g/mol. The average Bonchev–Trinajstić information content (AvgIpc) is 3.29. The van der Waals surface area contributed by atoms with Crippen molar-refractivity contribution in [2.75, 3.05) is 35.7 Å². The Balaban J connectivity index is 2.11. The summed E-state index contributed by atoms with van der Waals surface area (Å²) >= 11 is 0. The van der Waals surface area contributed by atoms with Gasteiger partial charge in [-0.2, -0.15) is 0 Å². The van der Waals surface area contributed by atoms with Crippen molar-refractivity contribution in [3.63, 3.8) is 0 Å². The summed E-state index contributed by atoms with van der Waals surface area (Å²) in [5.74, 6) is -1.58. The molecule has 0 unspecified atom stereocenters. The van der Waals surface area contributed by atoms with E-state index in [1.54, 1.807) is 30.3 Å². The zero-order chi connectivity index (χ0) is 47.2. The highest BCUT2D eigenvalue weighted by Crippen LogP contribution is 2.25. The molecule has 11 nitrogen and oxygen atoms in total. The van der Waals surface area contributed by atoms with E-state index in [-0.39, 0.29) is 41.8 Å². The molecule has 65 heavy (non-hydrogen) atoms. The van der Waals surface area contributed by atoms with Crippen LogP contribution < -0.4 is 26.0 Å². The number of carbonyl (C=O) groups is 5. The van der Waals surface area contributed by atoms with E-state index in [1.807, 2.05) is 12.2 Å². The van der Waals surface area contributed by atoms with Crippen LogP contribution in [0.25, 0.3) is 0 Å². The molecular weight excluding hydrogens is 817 g/mol. The normalized spacial score (nSPS) is 10.8. The van der Waals surface area contributed by atoms with Crippen LogP contribution in [0, 0.1) is 0 Å². The van der Waals surface area contributed by atoms with Crippen LogP contribution in [0.2, 0.25) is 0 Å². The molecule has 0 aliphatic heterocycles. The topological polar surface area (TPSA) is 152 Å². The third-order valence-corrected chi connectivity index (χ3v) is 11.3. The van der Waals surface area contributed by atoms with Gasteiger partial charge in [-0.05, 0) is 87.8 Å². The predicted octanol–water partition coefficient (Wildman–Crippen LogP) is 13.8. The Morgan fingerprint density at radius 1 is 0.508 bits per heavy atom. The number of benzene rings is 2. The van der Waals surface area contributed by atoms with Gasteiger partial charge in [0.1, 0.15) is 5.75 Å². The van der Waals surface area contributed by atoms with Crippen LogP contribution in [0.15, 0.2) is 61.7 Å². The van der Waals surface area contributed by atoms with Gasteiger partial charge in [0, 0.05) is 29.9 Å². The van der Waals surface area contributed by atoms with Crippen LogP contribution in [-0.4, -0.2) is 49.4 Å². The fraction of sp³-hybridized carbons (Fsp3) is 0.611. The Hall–Kier alpha value is -4.93. The third kappa shape index (κ3) is 27.9. The molecule has 4 amide bonds. The summed E-state index contributed by atoms with van der Waals surface area (Å²) in [4.78, 5) is 66.1. The number of anilines is 3. The minimum Gasteiger partial charge on any atom is -0.493 e. The van der Waals surface area contributed by atoms with Crippen molar-refractivity contribution in [1.29, 1.82) is 0 Å². The Bertz CT molecular complexity index is 1690. The van der Waals surface area contributed by atoms with Gasteiger partial charge >= 0.3 is 5.97 Å². The summed E-state index contributed by atoms with van der Waals surface area (Å²) < 4.78 is 11.7. The zero-order valence-electron chi connectivity index (χ0n) is 40.3. The van der Waals surface area contributed by atoms with Crippen molar-refractivity contribution in [3.8, 4) is 5.75 Å². The maximum atomic E-state index is 13.7. The maximum absolute atomic E-state index is 13.7. The second-order valence-electron chi connectivity index (χ2n) is 17.3. The van der Waals surface area contributed by atoms with Crippen molar-refractivity contribution < 1.29 is 33.4 Å². The Morgan fingerprint density at radius 3 is 1.51 bits per heavy atom. The lowest BCUT2D eigenvalue weighted by atomic mass is 10.1. The van der Waals surface area contributed by atoms with Gasteiger partial charge in [0.05, 0.1) is 30.9 Å². The van der Waals surface area contributed by atoms with E-state index in [0.717, 1.165) is 135 Å². The highest BCUT2D eigenvalue weighted by atomic mass is 16.5. The molecule has 0 saturated carbocycles. The number of esters is 1. The zero-order valence-corrected chi connectivity index (χ0v) is 40.3. The number of hydrogen-bond donors (Lipinski definition) is 4. The van der Waals surface area contributed by atoms with Gasteiger partial charge in [0.25, 0.3) is 5.91 Å². The standard InChI is InChI=1S/C54H84N4O7/c1-5-9-13-17-21-23-25-29-33-50(59)56-45-35-36-49(64-37-31-27-19-15-11-7-3)48(42-45)53(62)55-43-52(61)58-47-40-44(54(63)65-38-32-28-20-16-12-8-4)39-46(41-47)57-51(60)34-30-26-24-22-18-14-10-6-2/h5-6,35-36,39-42H,1-2,7-34,37-38,43H2,3-4H3,(H,55,62)(H,56,59)(H,57,60)(H,58,61). The molecule has 0 aliphatic rings. The van der Waals surface area contributed by atoms with Gasteiger partial charge in [-0.1, -0.05) is 142 Å². The van der Waals surface area contributed by atoms with Crippen molar-refractivity contribution in [2.45, 2.75) is 194 Å². The molecule has 2 aromatic rings. The van der Waals surface area contributed by atoms with Gasteiger partial charge in [0.15, 0.2) is 0 Å². The lowest BCUT2D eigenvalue weighted by molar-refractivity contribution is -0.117. The van der Waals surface area contributed by atoms with Crippen molar-refractivity contribution in [3.05, 3.63) is 72.8 Å². The molecule has 4 N–H and O–H groups in total. The minimum atomic E-state index is -0.551. The maximum Gasteiger partial charge on any atom is 0.338 e. The van der Waals surface area contributed by atoms with Gasteiger partial charge < -0.3 is 30.7 Å². The first kappa shape index (κ1) is 56.2. The molecule has 0 heterocycles. The Labute approximate surface area is 392 Å². The Kier molecular flexibility index (Phi) is 32.3. The lowest BCUT2D eigenvalue weighted by Crippen LogP contribution is -2.33. The van der Waals surface area contributed by atoms with E-state index < -0.39 is 17.8 Å². The largest absolute Gasteiger partial charge is 0.493 e. The number of carbonyl (C=O) groups excluding carboxylic acids is 5. The summed E-state index contributed by atoms with van der Waals surface area (Å²) in [6, 6.07) is 9.66. The number of hydrogen-bond acceptors (Lipinski definition) is 7. The van der Waals surface area contributed by atoms with Crippen LogP contribution in [0.4, 0.5) is 17.1 Å². The number of allylic oxidation sites excluding steroid dienone is 2.